The smallest absolute Gasteiger partial charge is 0.270 e. The molecule has 1 aromatic carbocycles. The zero-order valence-electron chi connectivity index (χ0n) is 31.3. The van der Waals surface area contributed by atoms with E-state index in [9.17, 15) is 14.4 Å². The van der Waals surface area contributed by atoms with Gasteiger partial charge >= 0.3 is 0 Å². The maximum atomic E-state index is 16.1. The molecule has 2 N–H and O–H groups in total. The zero-order valence-corrected chi connectivity index (χ0v) is 31.3. The number of carbonyl (C=O) groups is 3. The van der Waals surface area contributed by atoms with Crippen LogP contribution in [0.25, 0.3) is 11.0 Å². The summed E-state index contributed by atoms with van der Waals surface area (Å²) >= 11 is 0. The molecular weight excluding hydrogens is 686 g/mol. The highest BCUT2D eigenvalue weighted by atomic mass is 19.1. The first-order valence-corrected chi connectivity index (χ1v) is 19.5. The van der Waals surface area contributed by atoms with Crippen LogP contribution in [-0.2, 0) is 9.59 Å². The quantitative estimate of drug-likeness (QED) is 0.196. The number of alkyl halides is 1. The molecule has 4 fully saturated rings. The van der Waals surface area contributed by atoms with E-state index in [0.717, 1.165) is 73.9 Å². The Morgan fingerprint density at radius 2 is 1.65 bits per heavy atom. The molecule has 4 aromatic rings. The van der Waals surface area contributed by atoms with Gasteiger partial charge in [0.25, 0.3) is 5.91 Å². The van der Waals surface area contributed by atoms with E-state index in [1.165, 1.54) is 5.56 Å². The number of nitrogens with zero attached hydrogens (tertiary/aromatic N) is 7. The highest BCUT2D eigenvalue weighted by molar-refractivity contribution is 6.01. The number of aromatic nitrogens is 4. The minimum Gasteiger partial charge on any atom is -0.371 e. The predicted molar refractivity (Wildman–Crippen MR) is 206 cm³/mol. The molecule has 13 heteroatoms. The van der Waals surface area contributed by atoms with Crippen molar-refractivity contribution in [3.05, 3.63) is 71.7 Å². The van der Waals surface area contributed by atoms with E-state index in [-0.39, 0.29) is 29.7 Å². The van der Waals surface area contributed by atoms with Crippen LogP contribution in [0.2, 0.25) is 0 Å². The molecule has 1 unspecified atom stereocenters. The molecular formula is C41H50FN9O3. The molecule has 0 bridgehead atoms. The molecule has 0 spiro atoms. The van der Waals surface area contributed by atoms with Gasteiger partial charge in [-0.25, -0.2) is 14.4 Å². The number of halogens is 1. The number of imide groups is 1. The van der Waals surface area contributed by atoms with Crippen molar-refractivity contribution in [2.45, 2.75) is 87.8 Å². The van der Waals surface area contributed by atoms with Gasteiger partial charge in [0.1, 0.15) is 22.8 Å². The summed E-state index contributed by atoms with van der Waals surface area (Å²) in [6, 6.07) is 14.2. The maximum absolute atomic E-state index is 16.1. The van der Waals surface area contributed by atoms with Crippen molar-refractivity contribution in [1.29, 1.82) is 0 Å². The van der Waals surface area contributed by atoms with Crippen LogP contribution in [0.1, 0.15) is 104 Å². The zero-order chi connectivity index (χ0) is 37.4. The molecule has 0 radical (unpaired) electrons. The van der Waals surface area contributed by atoms with Crippen LogP contribution in [0, 0.1) is 0 Å². The molecule has 4 aliphatic rings. The summed E-state index contributed by atoms with van der Waals surface area (Å²) in [5.41, 5.74) is 3.35. The summed E-state index contributed by atoms with van der Waals surface area (Å²) in [7, 11) is 3.55. The van der Waals surface area contributed by atoms with Crippen molar-refractivity contribution in [3.63, 3.8) is 0 Å². The van der Waals surface area contributed by atoms with Gasteiger partial charge in [0.05, 0.1) is 5.92 Å². The van der Waals surface area contributed by atoms with Crippen LogP contribution in [0.4, 0.5) is 21.8 Å². The monoisotopic (exact) mass is 735 g/mol. The number of fused-ring (bicyclic) bond motifs is 1. The first kappa shape index (κ1) is 36.1. The van der Waals surface area contributed by atoms with Crippen LogP contribution in [-0.4, -0.2) is 99.5 Å². The lowest BCUT2D eigenvalue weighted by molar-refractivity contribution is -0.134. The number of pyridine rings is 1. The van der Waals surface area contributed by atoms with Crippen LogP contribution in [0.15, 0.2) is 54.9 Å². The third kappa shape index (κ3) is 7.55. The summed E-state index contributed by atoms with van der Waals surface area (Å²) < 4.78 is 18.3. The number of nitrogens with one attached hydrogen (secondary N) is 2. The minimum atomic E-state index is -1.21. The van der Waals surface area contributed by atoms with Gasteiger partial charge in [-0.05, 0) is 86.5 Å². The fourth-order valence-corrected chi connectivity index (χ4v) is 8.91. The van der Waals surface area contributed by atoms with Gasteiger partial charge in [0, 0.05) is 82.5 Å². The number of likely N-dealkylation sites (tertiary alicyclic amines) is 1. The van der Waals surface area contributed by atoms with E-state index in [1.54, 1.807) is 25.2 Å². The van der Waals surface area contributed by atoms with Crippen molar-refractivity contribution in [2.24, 2.45) is 0 Å². The molecule has 6 heterocycles. The molecule has 284 valence electrons. The Kier molecular flexibility index (Phi) is 10.1. The lowest BCUT2D eigenvalue weighted by atomic mass is 9.88. The third-order valence-electron chi connectivity index (χ3n) is 12.0. The van der Waals surface area contributed by atoms with Gasteiger partial charge < -0.3 is 24.6 Å². The second kappa shape index (κ2) is 15.1. The Morgan fingerprint density at radius 1 is 0.926 bits per heavy atom. The van der Waals surface area contributed by atoms with Gasteiger partial charge in [0.15, 0.2) is 0 Å². The van der Waals surface area contributed by atoms with Crippen molar-refractivity contribution in [1.82, 2.24) is 34.6 Å². The lowest BCUT2D eigenvalue weighted by Crippen LogP contribution is -2.49. The van der Waals surface area contributed by atoms with Gasteiger partial charge in [-0.15, -0.1) is 0 Å². The summed E-state index contributed by atoms with van der Waals surface area (Å²) in [6.07, 6.45) is 11.9. The molecule has 3 saturated heterocycles. The molecule has 3 aliphatic heterocycles. The van der Waals surface area contributed by atoms with Crippen molar-refractivity contribution < 1.29 is 18.8 Å². The van der Waals surface area contributed by atoms with E-state index in [0.29, 0.717) is 68.7 Å². The second-order valence-electron chi connectivity index (χ2n) is 15.9. The molecule has 1 atom stereocenters. The third-order valence-corrected chi connectivity index (χ3v) is 12.0. The largest absolute Gasteiger partial charge is 0.371 e. The average molecular weight is 736 g/mol. The summed E-state index contributed by atoms with van der Waals surface area (Å²) in [5.74, 6) is 0.717. The van der Waals surface area contributed by atoms with Crippen molar-refractivity contribution >= 4 is 46.2 Å². The van der Waals surface area contributed by atoms with Crippen molar-refractivity contribution in [3.8, 4) is 0 Å². The standard InChI is InChI=1S/C41H50FN9O3/c1-48(2)39(54)34-23-30-25-44-40(47-37(30)51(34)32-5-3-4-6-32)45-35-13-9-29(24-43-35)27-15-19-49(20-16-27)26-41(42)17-21-50(22-18-41)31-10-7-28(8-11-31)33-12-14-36(52)46-38(33)53/h7-11,13,23-25,27,32-33H,3-6,12,14-22,26H2,1-2H3,(H,46,52,53)(H,43,44,45,47). The molecule has 8 rings (SSSR count). The Hall–Kier alpha value is -4.91. The lowest BCUT2D eigenvalue weighted by Gasteiger charge is -2.42. The van der Waals surface area contributed by atoms with Gasteiger partial charge in [-0.2, -0.15) is 4.98 Å². The second-order valence-corrected chi connectivity index (χ2v) is 15.9. The maximum Gasteiger partial charge on any atom is 0.270 e. The number of anilines is 3. The molecule has 12 nitrogen and oxygen atoms in total. The van der Waals surface area contributed by atoms with Gasteiger partial charge in [0.2, 0.25) is 17.8 Å². The highest BCUT2D eigenvalue weighted by Crippen LogP contribution is 2.37. The van der Waals surface area contributed by atoms with Gasteiger partial charge in [-0.1, -0.05) is 31.0 Å². The molecule has 54 heavy (non-hydrogen) atoms. The van der Waals surface area contributed by atoms with E-state index >= 15 is 4.39 Å². The van der Waals surface area contributed by atoms with Crippen LogP contribution in [0.3, 0.4) is 0 Å². The number of rotatable bonds is 9. The Morgan fingerprint density at radius 3 is 2.31 bits per heavy atom. The SMILES string of the molecule is CN(C)C(=O)c1cc2cnc(Nc3ccc(C4CCN(CC5(F)CCN(c6ccc(C7CCC(=O)NC7=O)cc6)CC5)CC4)cn3)nc2n1C1CCCC1. The number of hydrogen-bond donors (Lipinski definition) is 2. The Labute approximate surface area is 315 Å². The van der Waals surface area contributed by atoms with Crippen LogP contribution < -0.4 is 15.5 Å². The van der Waals surface area contributed by atoms with E-state index < -0.39 is 5.67 Å². The van der Waals surface area contributed by atoms with E-state index in [2.05, 4.69) is 36.1 Å². The first-order valence-electron chi connectivity index (χ1n) is 19.5. The average Bonchev–Trinajstić information content (AvgIpc) is 3.84. The highest BCUT2D eigenvalue weighted by Gasteiger charge is 2.38. The first-order chi connectivity index (χ1) is 26.1. The summed E-state index contributed by atoms with van der Waals surface area (Å²) in [6.45, 7) is 3.48. The molecule has 3 aromatic heterocycles. The van der Waals surface area contributed by atoms with Crippen LogP contribution in [0.5, 0.6) is 0 Å². The summed E-state index contributed by atoms with van der Waals surface area (Å²) in [4.78, 5) is 57.1. The normalized spacial score (nSPS) is 21.4. The molecule has 1 saturated carbocycles. The van der Waals surface area contributed by atoms with Crippen molar-refractivity contribution in [2.75, 3.05) is 57.0 Å². The number of carbonyl (C=O) groups excluding carboxylic acids is 3. The topological polar surface area (TPSA) is 129 Å². The summed E-state index contributed by atoms with van der Waals surface area (Å²) in [5, 5.41) is 6.56. The van der Waals surface area contributed by atoms with Crippen LogP contribution >= 0.6 is 0 Å². The minimum absolute atomic E-state index is 0.0309. The number of benzene rings is 1. The Balaban J connectivity index is 0.829. The molecule has 1 aliphatic carbocycles. The number of hydrogen-bond acceptors (Lipinski definition) is 9. The molecule has 3 amide bonds. The Bertz CT molecular complexity index is 1990. The number of amides is 3. The number of piperidine rings is 3. The fourth-order valence-electron chi connectivity index (χ4n) is 8.91. The fraction of sp³-hybridized carbons (Fsp3) is 0.512. The predicted octanol–water partition coefficient (Wildman–Crippen LogP) is 6.10. The van der Waals surface area contributed by atoms with E-state index in [4.69, 9.17) is 9.97 Å². The van der Waals surface area contributed by atoms with Gasteiger partial charge in [-0.3, -0.25) is 19.7 Å². The van der Waals surface area contributed by atoms with E-state index in [1.807, 2.05) is 42.6 Å².